The van der Waals surface area contributed by atoms with Crippen LogP contribution in [0.4, 0.5) is 0 Å². The van der Waals surface area contributed by atoms with Crippen molar-refractivity contribution >= 4 is 0 Å². The maximum Gasteiger partial charge on any atom is 0.123 e. The maximum atomic E-state index is 5.56. The van der Waals surface area contributed by atoms with Crippen LogP contribution in [-0.2, 0) is 13.1 Å². The molecule has 0 aromatic heterocycles. The van der Waals surface area contributed by atoms with Crippen LogP contribution in [0.2, 0.25) is 0 Å². The van der Waals surface area contributed by atoms with Crippen LogP contribution in [-0.4, -0.2) is 30.6 Å². The number of hydrogen-bond acceptors (Lipinski definition) is 3. The molecule has 1 atom stereocenters. The summed E-state index contributed by atoms with van der Waals surface area (Å²) < 4.78 is 5.56. The summed E-state index contributed by atoms with van der Waals surface area (Å²) in [5, 5.41) is 3.49. The third-order valence-electron chi connectivity index (χ3n) is 4.40. The Morgan fingerprint density at radius 1 is 1.38 bits per heavy atom. The molecular formula is C18H30N2O. The first-order chi connectivity index (χ1) is 10.1. The molecular weight excluding hydrogens is 260 g/mol. The van der Waals surface area contributed by atoms with E-state index in [9.17, 15) is 0 Å². The van der Waals surface area contributed by atoms with Crippen LogP contribution < -0.4 is 10.1 Å². The van der Waals surface area contributed by atoms with Crippen molar-refractivity contribution in [1.29, 1.82) is 0 Å². The van der Waals surface area contributed by atoms with Crippen LogP contribution in [0.25, 0.3) is 0 Å². The summed E-state index contributed by atoms with van der Waals surface area (Å²) in [4.78, 5) is 2.61. The molecule has 1 unspecified atom stereocenters. The second-order valence-electron chi connectivity index (χ2n) is 6.36. The second-order valence-corrected chi connectivity index (χ2v) is 6.36. The lowest BCUT2D eigenvalue weighted by Gasteiger charge is -2.24. The normalized spacial score (nSPS) is 19.4. The number of rotatable bonds is 7. The maximum absolute atomic E-state index is 5.56. The predicted octanol–water partition coefficient (Wildman–Crippen LogP) is 3.57. The van der Waals surface area contributed by atoms with Gasteiger partial charge < -0.3 is 10.1 Å². The van der Waals surface area contributed by atoms with Gasteiger partial charge in [-0.15, -0.1) is 0 Å². The van der Waals surface area contributed by atoms with Gasteiger partial charge >= 0.3 is 0 Å². The molecule has 0 amide bonds. The summed E-state index contributed by atoms with van der Waals surface area (Å²) in [6.45, 7) is 9.81. The Labute approximate surface area is 129 Å². The summed E-state index contributed by atoms with van der Waals surface area (Å²) in [5.74, 6) is 1.02. The highest BCUT2D eigenvalue weighted by atomic mass is 16.5. The number of methoxy groups -OCH3 is 1. The van der Waals surface area contributed by atoms with Gasteiger partial charge in [0.05, 0.1) is 7.11 Å². The van der Waals surface area contributed by atoms with E-state index in [-0.39, 0.29) is 0 Å². The first kappa shape index (κ1) is 16.3. The zero-order chi connectivity index (χ0) is 15.2. The van der Waals surface area contributed by atoms with Crippen molar-refractivity contribution in [1.82, 2.24) is 10.2 Å². The Balaban J connectivity index is 2.10. The van der Waals surface area contributed by atoms with Crippen LogP contribution in [0.1, 0.15) is 51.2 Å². The standard InChI is InChI=1S/C18H30N2O/c1-5-17-7-6-10-20(17)13-16-11-15(12-19-14(2)3)8-9-18(16)21-4/h8-9,11,14,17,19H,5-7,10,12-13H2,1-4H3. The minimum absolute atomic E-state index is 0.513. The third kappa shape index (κ3) is 4.45. The van der Waals surface area contributed by atoms with E-state index in [4.69, 9.17) is 4.74 Å². The van der Waals surface area contributed by atoms with E-state index in [0.717, 1.165) is 24.9 Å². The van der Waals surface area contributed by atoms with Crippen molar-refractivity contribution < 1.29 is 4.74 Å². The van der Waals surface area contributed by atoms with Gasteiger partial charge in [-0.2, -0.15) is 0 Å². The van der Waals surface area contributed by atoms with E-state index >= 15 is 0 Å². The van der Waals surface area contributed by atoms with E-state index in [1.165, 1.54) is 36.9 Å². The van der Waals surface area contributed by atoms with Crippen molar-refractivity contribution in [2.75, 3.05) is 13.7 Å². The number of hydrogen-bond donors (Lipinski definition) is 1. The van der Waals surface area contributed by atoms with Crippen LogP contribution >= 0.6 is 0 Å². The average Bonchev–Trinajstić information content (AvgIpc) is 2.92. The zero-order valence-corrected chi connectivity index (χ0v) is 14.0. The van der Waals surface area contributed by atoms with Gasteiger partial charge in [-0.05, 0) is 43.5 Å². The Morgan fingerprint density at radius 2 is 2.19 bits per heavy atom. The van der Waals surface area contributed by atoms with Crippen LogP contribution in [0.3, 0.4) is 0 Å². The Bertz CT molecular complexity index is 445. The van der Waals surface area contributed by atoms with Gasteiger partial charge in [0.2, 0.25) is 0 Å². The van der Waals surface area contributed by atoms with E-state index in [1.807, 2.05) is 0 Å². The van der Waals surface area contributed by atoms with E-state index < -0.39 is 0 Å². The van der Waals surface area contributed by atoms with Crippen molar-refractivity contribution in [3.8, 4) is 5.75 Å². The average molecular weight is 290 g/mol. The fourth-order valence-electron chi connectivity index (χ4n) is 3.17. The number of nitrogens with zero attached hydrogens (tertiary/aromatic N) is 1. The van der Waals surface area contributed by atoms with Gasteiger partial charge in [-0.3, -0.25) is 4.90 Å². The molecule has 2 rings (SSSR count). The highest BCUT2D eigenvalue weighted by Crippen LogP contribution is 2.27. The summed E-state index contributed by atoms with van der Waals surface area (Å²) in [6, 6.07) is 7.84. The molecule has 0 radical (unpaired) electrons. The largest absolute Gasteiger partial charge is 0.496 e. The summed E-state index contributed by atoms with van der Waals surface area (Å²) in [5.41, 5.74) is 2.66. The zero-order valence-electron chi connectivity index (χ0n) is 14.0. The lowest BCUT2D eigenvalue weighted by Crippen LogP contribution is -2.28. The molecule has 1 aromatic rings. The molecule has 1 heterocycles. The molecule has 1 aliphatic rings. The first-order valence-corrected chi connectivity index (χ1v) is 8.27. The van der Waals surface area contributed by atoms with Gasteiger partial charge in [0.25, 0.3) is 0 Å². The molecule has 0 aliphatic carbocycles. The molecule has 3 nitrogen and oxygen atoms in total. The molecule has 1 N–H and O–H groups in total. The quantitative estimate of drug-likeness (QED) is 0.831. The van der Waals surface area contributed by atoms with Gasteiger partial charge in [-0.25, -0.2) is 0 Å². The number of benzene rings is 1. The van der Waals surface area contributed by atoms with Crippen molar-refractivity contribution in [2.45, 2.75) is 65.2 Å². The topological polar surface area (TPSA) is 24.5 Å². The van der Waals surface area contributed by atoms with Gasteiger partial charge in [0, 0.05) is 30.7 Å². The van der Waals surface area contributed by atoms with Crippen molar-refractivity contribution in [3.05, 3.63) is 29.3 Å². The summed E-state index contributed by atoms with van der Waals surface area (Å²) in [7, 11) is 1.77. The number of likely N-dealkylation sites (tertiary alicyclic amines) is 1. The Kier molecular flexibility index (Phi) is 6.07. The fourth-order valence-corrected chi connectivity index (χ4v) is 3.17. The molecule has 0 bridgehead atoms. The summed E-state index contributed by atoms with van der Waals surface area (Å²) in [6.07, 6.45) is 3.92. The smallest absolute Gasteiger partial charge is 0.123 e. The lowest BCUT2D eigenvalue weighted by molar-refractivity contribution is 0.236. The van der Waals surface area contributed by atoms with Crippen LogP contribution in [0.5, 0.6) is 5.75 Å². The van der Waals surface area contributed by atoms with Gasteiger partial charge in [0.15, 0.2) is 0 Å². The molecule has 1 aliphatic heterocycles. The van der Waals surface area contributed by atoms with Crippen molar-refractivity contribution in [3.63, 3.8) is 0 Å². The van der Waals surface area contributed by atoms with E-state index in [2.05, 4.69) is 49.2 Å². The highest BCUT2D eigenvalue weighted by molar-refractivity contribution is 5.37. The summed E-state index contributed by atoms with van der Waals surface area (Å²) >= 11 is 0. The highest BCUT2D eigenvalue weighted by Gasteiger charge is 2.23. The van der Waals surface area contributed by atoms with E-state index in [1.54, 1.807) is 7.11 Å². The first-order valence-electron chi connectivity index (χ1n) is 8.27. The second kappa shape index (κ2) is 7.81. The minimum atomic E-state index is 0.513. The Hall–Kier alpha value is -1.06. The fraction of sp³-hybridized carbons (Fsp3) is 0.667. The third-order valence-corrected chi connectivity index (χ3v) is 4.40. The molecule has 0 saturated carbocycles. The van der Waals surface area contributed by atoms with Crippen LogP contribution in [0.15, 0.2) is 18.2 Å². The van der Waals surface area contributed by atoms with Gasteiger partial charge in [-0.1, -0.05) is 26.8 Å². The number of ether oxygens (including phenoxy) is 1. The predicted molar refractivity (Wildman–Crippen MR) is 88.7 cm³/mol. The molecule has 118 valence electrons. The molecule has 21 heavy (non-hydrogen) atoms. The van der Waals surface area contributed by atoms with Gasteiger partial charge in [0.1, 0.15) is 5.75 Å². The molecule has 1 saturated heterocycles. The lowest BCUT2D eigenvalue weighted by atomic mass is 10.1. The molecule has 0 spiro atoms. The molecule has 1 fully saturated rings. The van der Waals surface area contributed by atoms with E-state index in [0.29, 0.717) is 6.04 Å². The number of nitrogens with one attached hydrogen (secondary N) is 1. The van der Waals surface area contributed by atoms with Crippen LogP contribution in [0, 0.1) is 0 Å². The minimum Gasteiger partial charge on any atom is -0.496 e. The van der Waals surface area contributed by atoms with Crippen molar-refractivity contribution in [2.24, 2.45) is 0 Å². The SMILES string of the molecule is CCC1CCCN1Cc1cc(CNC(C)C)ccc1OC. The molecule has 1 aromatic carbocycles. The monoisotopic (exact) mass is 290 g/mol. The Morgan fingerprint density at radius 3 is 2.86 bits per heavy atom. The molecule has 3 heteroatoms.